The first-order valence-electron chi connectivity index (χ1n) is 10.8. The van der Waals surface area contributed by atoms with E-state index in [9.17, 15) is 23.5 Å². The van der Waals surface area contributed by atoms with Crippen LogP contribution in [-0.4, -0.2) is 35.6 Å². The topological polar surface area (TPSA) is 104 Å². The Labute approximate surface area is 186 Å². The normalized spacial score (nSPS) is 19.2. The molecule has 0 bridgehead atoms. The standard InChI is InChI=1S/C24H29F2N3O3/c1-2-14-4-3-5-15(6-14)12-28-13-22(30)21(9-16-7-17(25)10-18(26)8-16)29-24(32)20-11-19(20)23(27)31/h3-8,10,19-22,28,30H,2,9,11-13H2,1H3,(H2,27,31)(H,29,32)/t19?,20?,21-,22+/m0/s1. The minimum Gasteiger partial charge on any atom is -0.390 e. The first-order chi connectivity index (χ1) is 15.3. The number of benzene rings is 2. The van der Waals surface area contributed by atoms with E-state index in [0.717, 1.165) is 18.1 Å². The Hall–Kier alpha value is -2.84. The molecular formula is C24H29F2N3O3. The summed E-state index contributed by atoms with van der Waals surface area (Å²) in [6, 6.07) is 10.4. The van der Waals surface area contributed by atoms with E-state index in [-0.39, 0.29) is 13.0 Å². The fourth-order valence-corrected chi connectivity index (χ4v) is 3.82. The molecule has 0 radical (unpaired) electrons. The SMILES string of the molecule is CCc1cccc(CNC[C@@H](O)[C@H](Cc2cc(F)cc(F)c2)NC(=O)C2CC2C(N)=O)c1. The number of aliphatic hydroxyl groups excluding tert-OH is 1. The van der Waals surface area contributed by atoms with Gasteiger partial charge in [-0.1, -0.05) is 31.2 Å². The molecule has 0 aromatic heterocycles. The van der Waals surface area contributed by atoms with Crippen molar-refractivity contribution in [2.24, 2.45) is 17.6 Å². The molecule has 172 valence electrons. The van der Waals surface area contributed by atoms with Gasteiger partial charge in [-0.3, -0.25) is 9.59 Å². The molecule has 1 saturated carbocycles. The summed E-state index contributed by atoms with van der Waals surface area (Å²) in [5.74, 6) is -3.44. The van der Waals surface area contributed by atoms with E-state index >= 15 is 0 Å². The maximum atomic E-state index is 13.6. The number of rotatable bonds is 11. The van der Waals surface area contributed by atoms with Crippen LogP contribution in [0.25, 0.3) is 0 Å². The highest BCUT2D eigenvalue weighted by atomic mass is 19.1. The van der Waals surface area contributed by atoms with Crippen molar-refractivity contribution in [3.63, 3.8) is 0 Å². The molecular weight excluding hydrogens is 416 g/mol. The van der Waals surface area contributed by atoms with Crippen molar-refractivity contribution in [1.82, 2.24) is 10.6 Å². The van der Waals surface area contributed by atoms with Crippen LogP contribution in [0.3, 0.4) is 0 Å². The molecule has 0 aliphatic heterocycles. The molecule has 0 saturated heterocycles. The lowest BCUT2D eigenvalue weighted by molar-refractivity contribution is -0.127. The number of amides is 2. The van der Waals surface area contributed by atoms with Gasteiger partial charge in [-0.15, -0.1) is 0 Å². The highest BCUT2D eigenvalue weighted by molar-refractivity contribution is 5.91. The van der Waals surface area contributed by atoms with Crippen LogP contribution in [0.5, 0.6) is 0 Å². The van der Waals surface area contributed by atoms with Crippen molar-refractivity contribution in [3.05, 3.63) is 70.8 Å². The summed E-state index contributed by atoms with van der Waals surface area (Å²) in [6.45, 7) is 2.75. The second-order valence-electron chi connectivity index (χ2n) is 8.32. The lowest BCUT2D eigenvalue weighted by Gasteiger charge is -2.25. The van der Waals surface area contributed by atoms with Gasteiger partial charge in [0.1, 0.15) is 11.6 Å². The van der Waals surface area contributed by atoms with E-state index in [4.69, 9.17) is 5.73 Å². The molecule has 2 aromatic rings. The fourth-order valence-electron chi connectivity index (χ4n) is 3.82. The third-order valence-electron chi connectivity index (χ3n) is 5.74. The number of hydrogen-bond donors (Lipinski definition) is 4. The molecule has 32 heavy (non-hydrogen) atoms. The number of carbonyl (C=O) groups excluding carboxylic acids is 2. The van der Waals surface area contributed by atoms with Gasteiger partial charge in [-0.2, -0.15) is 0 Å². The molecule has 8 heteroatoms. The molecule has 2 unspecified atom stereocenters. The molecule has 1 aliphatic rings. The summed E-state index contributed by atoms with van der Waals surface area (Å²) in [4.78, 5) is 23.8. The van der Waals surface area contributed by atoms with Crippen LogP contribution < -0.4 is 16.4 Å². The van der Waals surface area contributed by atoms with Gasteiger partial charge in [0.25, 0.3) is 0 Å². The van der Waals surface area contributed by atoms with Crippen LogP contribution in [0.2, 0.25) is 0 Å². The molecule has 1 aliphatic carbocycles. The minimum atomic E-state index is -1.02. The predicted molar refractivity (Wildman–Crippen MR) is 116 cm³/mol. The first kappa shape index (κ1) is 23.8. The highest BCUT2D eigenvalue weighted by Crippen LogP contribution is 2.38. The lowest BCUT2D eigenvalue weighted by atomic mass is 10.00. The number of aryl methyl sites for hydroxylation is 1. The molecule has 5 N–H and O–H groups in total. The van der Waals surface area contributed by atoms with E-state index in [1.54, 1.807) is 0 Å². The van der Waals surface area contributed by atoms with E-state index in [1.807, 2.05) is 18.2 Å². The number of aliphatic hydroxyl groups is 1. The Kier molecular flexibility index (Phi) is 7.93. The second kappa shape index (κ2) is 10.7. The Bertz CT molecular complexity index is 949. The molecule has 0 spiro atoms. The Morgan fingerprint density at radius 1 is 1.09 bits per heavy atom. The van der Waals surface area contributed by atoms with Gasteiger partial charge < -0.3 is 21.5 Å². The van der Waals surface area contributed by atoms with Crippen molar-refractivity contribution >= 4 is 11.8 Å². The van der Waals surface area contributed by atoms with Gasteiger partial charge in [0, 0.05) is 19.2 Å². The third-order valence-corrected chi connectivity index (χ3v) is 5.74. The fraction of sp³-hybridized carbons (Fsp3) is 0.417. The monoisotopic (exact) mass is 445 g/mol. The van der Waals surface area contributed by atoms with Gasteiger partial charge in [0.2, 0.25) is 11.8 Å². The summed E-state index contributed by atoms with van der Waals surface area (Å²) in [7, 11) is 0. The first-order valence-corrected chi connectivity index (χ1v) is 10.8. The average molecular weight is 446 g/mol. The van der Waals surface area contributed by atoms with Gasteiger partial charge in [0.15, 0.2) is 0 Å². The number of hydrogen-bond acceptors (Lipinski definition) is 4. The number of primary amides is 1. The predicted octanol–water partition coefficient (Wildman–Crippen LogP) is 1.83. The van der Waals surface area contributed by atoms with E-state index in [1.165, 1.54) is 17.7 Å². The van der Waals surface area contributed by atoms with Crippen LogP contribution >= 0.6 is 0 Å². The number of carbonyl (C=O) groups is 2. The highest BCUT2D eigenvalue weighted by Gasteiger charge is 2.47. The lowest BCUT2D eigenvalue weighted by Crippen LogP contribution is -2.49. The van der Waals surface area contributed by atoms with Gasteiger partial charge in [0.05, 0.1) is 24.0 Å². The summed E-state index contributed by atoms with van der Waals surface area (Å²) in [6.07, 6.45) is 0.292. The second-order valence-corrected chi connectivity index (χ2v) is 8.32. The van der Waals surface area contributed by atoms with Crippen LogP contribution in [0.4, 0.5) is 8.78 Å². The summed E-state index contributed by atoms with van der Waals surface area (Å²) in [5, 5.41) is 16.7. The smallest absolute Gasteiger partial charge is 0.224 e. The van der Waals surface area contributed by atoms with Crippen molar-refractivity contribution in [2.75, 3.05) is 6.54 Å². The zero-order chi connectivity index (χ0) is 23.3. The molecule has 3 rings (SSSR count). The number of nitrogens with two attached hydrogens (primary N) is 1. The van der Waals surface area contributed by atoms with Crippen LogP contribution in [0.1, 0.15) is 30.0 Å². The summed E-state index contributed by atoms with van der Waals surface area (Å²) < 4.78 is 27.2. The Balaban J connectivity index is 1.64. The number of halogens is 2. The van der Waals surface area contributed by atoms with E-state index in [0.29, 0.717) is 18.5 Å². The molecule has 2 amide bonds. The van der Waals surface area contributed by atoms with Gasteiger partial charge >= 0.3 is 0 Å². The molecule has 4 atom stereocenters. The molecule has 6 nitrogen and oxygen atoms in total. The molecule has 1 fully saturated rings. The zero-order valence-electron chi connectivity index (χ0n) is 18.0. The Morgan fingerprint density at radius 2 is 1.78 bits per heavy atom. The zero-order valence-corrected chi connectivity index (χ0v) is 18.0. The van der Waals surface area contributed by atoms with Gasteiger partial charge in [-0.25, -0.2) is 8.78 Å². The molecule has 0 heterocycles. The number of nitrogens with one attached hydrogen (secondary N) is 2. The maximum absolute atomic E-state index is 13.6. The maximum Gasteiger partial charge on any atom is 0.224 e. The minimum absolute atomic E-state index is 0.0303. The van der Waals surface area contributed by atoms with Crippen LogP contribution in [0.15, 0.2) is 42.5 Å². The van der Waals surface area contributed by atoms with Crippen molar-refractivity contribution in [2.45, 2.75) is 44.9 Å². The van der Waals surface area contributed by atoms with Crippen LogP contribution in [0, 0.1) is 23.5 Å². The van der Waals surface area contributed by atoms with Crippen molar-refractivity contribution in [1.29, 1.82) is 0 Å². The largest absolute Gasteiger partial charge is 0.390 e. The Morgan fingerprint density at radius 3 is 2.41 bits per heavy atom. The van der Waals surface area contributed by atoms with Crippen molar-refractivity contribution in [3.8, 4) is 0 Å². The van der Waals surface area contributed by atoms with Gasteiger partial charge in [-0.05, 0) is 48.1 Å². The average Bonchev–Trinajstić information content (AvgIpc) is 3.54. The quantitative estimate of drug-likeness (QED) is 0.424. The molecule has 2 aromatic carbocycles. The summed E-state index contributed by atoms with van der Waals surface area (Å²) >= 11 is 0. The van der Waals surface area contributed by atoms with E-state index < -0.39 is 47.4 Å². The third kappa shape index (κ3) is 6.58. The van der Waals surface area contributed by atoms with E-state index in [2.05, 4.69) is 23.6 Å². The van der Waals surface area contributed by atoms with Crippen molar-refractivity contribution < 1.29 is 23.5 Å². The summed E-state index contributed by atoms with van der Waals surface area (Å²) in [5.41, 5.74) is 7.83. The van der Waals surface area contributed by atoms with Crippen LogP contribution in [-0.2, 0) is 29.0 Å².